The predicted molar refractivity (Wildman–Crippen MR) is 60.2 cm³/mol. The number of amides is 1. The number of hydrogen-bond acceptors (Lipinski definition) is 2. The molecule has 0 aromatic heterocycles. The summed E-state index contributed by atoms with van der Waals surface area (Å²) in [6.07, 6.45) is 10.5. The van der Waals surface area contributed by atoms with Crippen LogP contribution in [0.1, 0.15) is 13.3 Å². The lowest BCUT2D eigenvalue weighted by atomic mass is 9.99. The number of hydrogen-bond donors (Lipinski definition) is 1. The van der Waals surface area contributed by atoms with Gasteiger partial charge >= 0.3 is 0 Å². The van der Waals surface area contributed by atoms with E-state index in [0.29, 0.717) is 6.04 Å². The molecule has 3 heteroatoms. The maximum absolute atomic E-state index is 10.4. The van der Waals surface area contributed by atoms with Crippen molar-refractivity contribution in [3.63, 3.8) is 0 Å². The second-order valence-electron chi connectivity index (χ2n) is 3.96. The summed E-state index contributed by atoms with van der Waals surface area (Å²) in [6, 6.07) is 0.484. The molecule has 1 unspecified atom stereocenters. The first-order valence-electron chi connectivity index (χ1n) is 5.29. The highest BCUT2D eigenvalue weighted by atomic mass is 16.1. The van der Waals surface area contributed by atoms with Crippen LogP contribution in [0.3, 0.4) is 0 Å². The zero-order valence-corrected chi connectivity index (χ0v) is 8.94. The second kappa shape index (κ2) is 4.45. The summed E-state index contributed by atoms with van der Waals surface area (Å²) in [4.78, 5) is 12.8. The molecule has 1 N–H and O–H groups in total. The third-order valence-corrected chi connectivity index (χ3v) is 2.96. The molecule has 0 spiro atoms. The monoisotopic (exact) mass is 204 g/mol. The predicted octanol–water partition coefficient (Wildman–Crippen LogP) is 1.21. The topological polar surface area (TPSA) is 32.3 Å². The van der Waals surface area contributed by atoms with Crippen molar-refractivity contribution < 1.29 is 4.79 Å². The smallest absolute Gasteiger partial charge is 0.211 e. The lowest BCUT2D eigenvalue weighted by Gasteiger charge is -2.27. The van der Waals surface area contributed by atoms with Crippen LogP contribution in [-0.4, -0.2) is 30.4 Å². The standard InChI is InChI=1S/C12H16N2O/c1-10-8-11(14-6-2-3-7-14)4-5-12(10)13-9-15/h2-3,5,8-9,11H,4,6-7H2,1H3,(H,13,15). The zero-order valence-electron chi connectivity index (χ0n) is 8.94. The van der Waals surface area contributed by atoms with Gasteiger partial charge in [0.15, 0.2) is 0 Å². The van der Waals surface area contributed by atoms with Gasteiger partial charge in [-0.25, -0.2) is 0 Å². The van der Waals surface area contributed by atoms with Crippen LogP contribution < -0.4 is 5.32 Å². The van der Waals surface area contributed by atoms with E-state index in [0.717, 1.165) is 37.2 Å². The van der Waals surface area contributed by atoms with Crippen LogP contribution in [0.5, 0.6) is 0 Å². The summed E-state index contributed by atoms with van der Waals surface area (Å²) >= 11 is 0. The summed E-state index contributed by atoms with van der Waals surface area (Å²) in [6.45, 7) is 4.12. The van der Waals surface area contributed by atoms with E-state index >= 15 is 0 Å². The molecule has 0 aromatic carbocycles. The molecule has 2 rings (SSSR count). The average molecular weight is 204 g/mol. The van der Waals surface area contributed by atoms with Crippen molar-refractivity contribution in [2.45, 2.75) is 19.4 Å². The van der Waals surface area contributed by atoms with E-state index in [4.69, 9.17) is 0 Å². The Morgan fingerprint density at radius 2 is 2.20 bits per heavy atom. The Labute approximate surface area is 90.1 Å². The van der Waals surface area contributed by atoms with Crippen molar-refractivity contribution >= 4 is 6.41 Å². The fraction of sp³-hybridized carbons (Fsp3) is 0.417. The SMILES string of the molecule is CC1=CC(N2CC=CC2)CC=C1NC=O. The van der Waals surface area contributed by atoms with Crippen molar-refractivity contribution in [3.8, 4) is 0 Å². The van der Waals surface area contributed by atoms with Gasteiger partial charge in [0.1, 0.15) is 0 Å². The van der Waals surface area contributed by atoms with Gasteiger partial charge in [0.25, 0.3) is 0 Å². The van der Waals surface area contributed by atoms with Crippen LogP contribution in [0.2, 0.25) is 0 Å². The molecule has 1 atom stereocenters. The molecular formula is C12H16N2O. The van der Waals surface area contributed by atoms with Crippen LogP contribution in [0.25, 0.3) is 0 Å². The molecule has 3 nitrogen and oxygen atoms in total. The molecule has 1 aliphatic heterocycles. The van der Waals surface area contributed by atoms with Crippen molar-refractivity contribution in [3.05, 3.63) is 35.6 Å². The number of nitrogens with one attached hydrogen (secondary N) is 1. The van der Waals surface area contributed by atoms with E-state index in [1.807, 2.05) is 6.92 Å². The molecule has 0 saturated heterocycles. The molecule has 1 amide bonds. The Morgan fingerprint density at radius 1 is 1.47 bits per heavy atom. The highest BCUT2D eigenvalue weighted by Crippen LogP contribution is 2.21. The summed E-state index contributed by atoms with van der Waals surface area (Å²) in [7, 11) is 0. The van der Waals surface area contributed by atoms with Gasteiger partial charge in [0.2, 0.25) is 6.41 Å². The van der Waals surface area contributed by atoms with Gasteiger partial charge in [0, 0.05) is 24.8 Å². The average Bonchev–Trinajstić information content (AvgIpc) is 2.74. The summed E-state index contributed by atoms with van der Waals surface area (Å²) in [5, 5.41) is 2.72. The van der Waals surface area contributed by atoms with Crippen LogP contribution in [0.4, 0.5) is 0 Å². The first kappa shape index (κ1) is 10.2. The maximum Gasteiger partial charge on any atom is 0.211 e. The quantitative estimate of drug-likeness (QED) is 0.553. The Morgan fingerprint density at radius 3 is 2.80 bits per heavy atom. The van der Waals surface area contributed by atoms with Gasteiger partial charge in [-0.05, 0) is 18.9 Å². The molecule has 15 heavy (non-hydrogen) atoms. The number of carbonyl (C=O) groups is 1. The van der Waals surface area contributed by atoms with E-state index in [9.17, 15) is 4.79 Å². The van der Waals surface area contributed by atoms with E-state index in [2.05, 4.69) is 34.5 Å². The first-order chi connectivity index (χ1) is 7.31. The van der Waals surface area contributed by atoms with Crippen molar-refractivity contribution in [1.82, 2.24) is 10.2 Å². The highest BCUT2D eigenvalue weighted by molar-refractivity contribution is 5.54. The van der Waals surface area contributed by atoms with Crippen molar-refractivity contribution in [2.24, 2.45) is 0 Å². The van der Waals surface area contributed by atoms with Crippen LogP contribution in [-0.2, 0) is 4.79 Å². The van der Waals surface area contributed by atoms with Gasteiger partial charge in [-0.15, -0.1) is 0 Å². The third-order valence-electron chi connectivity index (χ3n) is 2.96. The van der Waals surface area contributed by atoms with Gasteiger partial charge in [0.05, 0.1) is 0 Å². The highest BCUT2D eigenvalue weighted by Gasteiger charge is 2.19. The molecule has 0 fully saturated rings. The molecule has 0 radical (unpaired) electrons. The number of nitrogens with zero attached hydrogens (tertiary/aromatic N) is 1. The number of rotatable bonds is 3. The minimum absolute atomic E-state index is 0.484. The molecule has 2 aliphatic rings. The van der Waals surface area contributed by atoms with Crippen LogP contribution in [0, 0.1) is 0 Å². The van der Waals surface area contributed by atoms with E-state index in [1.54, 1.807) is 0 Å². The first-order valence-corrected chi connectivity index (χ1v) is 5.29. The lowest BCUT2D eigenvalue weighted by molar-refractivity contribution is -0.108. The van der Waals surface area contributed by atoms with Crippen LogP contribution >= 0.6 is 0 Å². The van der Waals surface area contributed by atoms with Gasteiger partial charge in [-0.3, -0.25) is 9.69 Å². The zero-order chi connectivity index (χ0) is 10.7. The maximum atomic E-state index is 10.4. The summed E-state index contributed by atoms with van der Waals surface area (Å²) in [5.74, 6) is 0. The minimum Gasteiger partial charge on any atom is -0.329 e. The summed E-state index contributed by atoms with van der Waals surface area (Å²) < 4.78 is 0. The second-order valence-corrected chi connectivity index (χ2v) is 3.96. The number of allylic oxidation sites excluding steroid dienone is 1. The third kappa shape index (κ3) is 2.18. The molecule has 0 bridgehead atoms. The van der Waals surface area contributed by atoms with E-state index < -0.39 is 0 Å². The Balaban J connectivity index is 2.01. The van der Waals surface area contributed by atoms with E-state index in [1.165, 1.54) is 0 Å². The fourth-order valence-electron chi connectivity index (χ4n) is 2.10. The van der Waals surface area contributed by atoms with Gasteiger partial charge in [-0.1, -0.05) is 24.3 Å². The Kier molecular flexibility index (Phi) is 3.02. The molecular weight excluding hydrogens is 188 g/mol. The molecule has 80 valence electrons. The van der Waals surface area contributed by atoms with Gasteiger partial charge < -0.3 is 5.32 Å². The normalized spacial score (nSPS) is 26.1. The fourth-order valence-corrected chi connectivity index (χ4v) is 2.10. The van der Waals surface area contributed by atoms with Gasteiger partial charge in [-0.2, -0.15) is 0 Å². The minimum atomic E-state index is 0.484. The molecule has 0 saturated carbocycles. The Bertz CT molecular complexity index is 334. The van der Waals surface area contributed by atoms with Crippen molar-refractivity contribution in [2.75, 3.05) is 13.1 Å². The van der Waals surface area contributed by atoms with E-state index in [-0.39, 0.29) is 0 Å². The largest absolute Gasteiger partial charge is 0.329 e. The van der Waals surface area contributed by atoms with Crippen LogP contribution in [0.15, 0.2) is 35.6 Å². The number of carbonyl (C=O) groups excluding carboxylic acids is 1. The molecule has 1 aliphatic carbocycles. The molecule has 1 heterocycles. The summed E-state index contributed by atoms with van der Waals surface area (Å²) in [5.41, 5.74) is 2.11. The Hall–Kier alpha value is -1.35. The molecule has 0 aromatic rings. The lowest BCUT2D eigenvalue weighted by Crippen LogP contribution is -2.33. The van der Waals surface area contributed by atoms with Crippen molar-refractivity contribution in [1.29, 1.82) is 0 Å².